The Hall–Kier alpha value is -0.890. The second-order valence-corrected chi connectivity index (χ2v) is 5.22. The maximum atomic E-state index is 10.8. The summed E-state index contributed by atoms with van der Waals surface area (Å²) in [5.74, 6) is -1.27. The molecule has 0 rings (SSSR count). The fourth-order valence-electron chi connectivity index (χ4n) is 1.02. The summed E-state index contributed by atoms with van der Waals surface area (Å²) in [4.78, 5) is 20.3. The molecule has 148 valence electrons. The first kappa shape index (κ1) is 30.9. The molecule has 0 aromatic carbocycles. The first-order valence-corrected chi connectivity index (χ1v) is 8.25. The second kappa shape index (κ2) is 24.4. The summed E-state index contributed by atoms with van der Waals surface area (Å²) in [5, 5.41) is 16.1. The van der Waals surface area contributed by atoms with Crippen LogP contribution in [-0.4, -0.2) is 47.4 Å². The molecule has 0 unspecified atom stereocenters. The van der Waals surface area contributed by atoms with Crippen LogP contribution in [0.15, 0.2) is 0 Å². The third-order valence-corrected chi connectivity index (χ3v) is 2.52. The lowest BCUT2D eigenvalue weighted by molar-refractivity contribution is -0.145. The lowest BCUT2D eigenvalue weighted by Crippen LogP contribution is -2.28. The molecule has 0 amide bonds. The Morgan fingerprint density at radius 1 is 0.958 bits per heavy atom. The highest BCUT2D eigenvalue weighted by molar-refractivity contribution is 5.85. The number of aliphatic hydroxyl groups excluding tert-OH is 1. The molecular weight excluding hydrogens is 336 g/mol. The van der Waals surface area contributed by atoms with E-state index in [1.165, 1.54) is 13.3 Å². The number of hydrogen-bond acceptors (Lipinski definition) is 6. The zero-order valence-electron chi connectivity index (χ0n) is 15.5. The molecule has 0 aromatic heterocycles. The Bertz CT molecular complexity index is 273. The zero-order chi connectivity index (χ0) is 18.7. The third kappa shape index (κ3) is 32.9. The topological polar surface area (TPSA) is 136 Å². The zero-order valence-corrected chi connectivity index (χ0v) is 16.3. The average Bonchev–Trinajstić information content (AvgIpc) is 2.50. The number of carbonyl (C=O) groups is 2. The van der Waals surface area contributed by atoms with Gasteiger partial charge in [0.1, 0.15) is 12.1 Å². The van der Waals surface area contributed by atoms with Gasteiger partial charge in [0, 0.05) is 6.61 Å². The summed E-state index contributed by atoms with van der Waals surface area (Å²) in [6, 6.07) is -1.22. The Kier molecular flexibility index (Phi) is 31.4. The molecule has 24 heavy (non-hydrogen) atoms. The molecule has 0 radical (unpaired) electrons. The molecule has 0 aromatic rings. The van der Waals surface area contributed by atoms with Gasteiger partial charge in [0.2, 0.25) is 0 Å². The first-order chi connectivity index (χ1) is 10.7. The molecule has 0 saturated heterocycles. The van der Waals surface area contributed by atoms with Gasteiger partial charge in [-0.3, -0.25) is 9.59 Å². The monoisotopic (exact) mass is 372 g/mol. The molecule has 0 saturated carbocycles. The number of aliphatic hydroxyl groups is 1. The van der Waals surface area contributed by atoms with Gasteiger partial charge >= 0.3 is 11.9 Å². The lowest BCUT2D eigenvalue weighted by Gasteiger charge is -2.05. The van der Waals surface area contributed by atoms with Crippen LogP contribution in [0.4, 0.5) is 0 Å². The number of ether oxygens (including phenoxy) is 1. The predicted molar refractivity (Wildman–Crippen MR) is 99.3 cm³/mol. The minimum Gasteiger partial charge on any atom is -0.480 e. The van der Waals surface area contributed by atoms with E-state index in [1.54, 1.807) is 6.92 Å². The average molecular weight is 373 g/mol. The van der Waals surface area contributed by atoms with Gasteiger partial charge in [0.15, 0.2) is 0 Å². The van der Waals surface area contributed by atoms with Crippen molar-refractivity contribution in [3.63, 3.8) is 0 Å². The van der Waals surface area contributed by atoms with Gasteiger partial charge in [-0.1, -0.05) is 39.5 Å². The van der Waals surface area contributed by atoms with Crippen LogP contribution in [-0.2, 0) is 14.3 Å². The summed E-state index contributed by atoms with van der Waals surface area (Å²) < 4.78 is 4.84. The molecule has 8 heteroatoms. The van der Waals surface area contributed by atoms with Gasteiger partial charge in [-0.25, -0.2) is 0 Å². The Balaban J connectivity index is -0.000000132. The smallest absolute Gasteiger partial charge is 0.322 e. The summed E-state index contributed by atoms with van der Waals surface area (Å²) in [6.45, 7) is 8.13. The molecule has 0 aliphatic heterocycles. The highest BCUT2D eigenvalue weighted by atomic mass is 35.5. The molecule has 0 fully saturated rings. The molecule has 0 aliphatic carbocycles. The van der Waals surface area contributed by atoms with Crippen molar-refractivity contribution in [2.75, 3.05) is 13.2 Å². The highest BCUT2D eigenvalue weighted by Crippen LogP contribution is 1.95. The van der Waals surface area contributed by atoms with Crippen molar-refractivity contribution in [3.05, 3.63) is 0 Å². The van der Waals surface area contributed by atoms with Gasteiger partial charge < -0.3 is 26.4 Å². The molecule has 0 spiro atoms. The van der Waals surface area contributed by atoms with Gasteiger partial charge in [-0.2, -0.15) is 0 Å². The fourth-order valence-corrected chi connectivity index (χ4v) is 1.02. The van der Waals surface area contributed by atoms with Crippen molar-refractivity contribution in [2.24, 2.45) is 11.5 Å². The van der Waals surface area contributed by atoms with E-state index in [1.807, 2.05) is 0 Å². The maximum absolute atomic E-state index is 10.8. The van der Waals surface area contributed by atoms with Crippen LogP contribution in [0.3, 0.4) is 0 Å². The number of hydrogen-bond donors (Lipinski definition) is 4. The Morgan fingerprint density at radius 2 is 1.38 bits per heavy atom. The molecular formula is C16H37ClN2O5. The molecule has 2 atom stereocenters. The van der Waals surface area contributed by atoms with Crippen LogP contribution in [0, 0.1) is 0 Å². The van der Waals surface area contributed by atoms with Crippen LogP contribution in [0.1, 0.15) is 66.2 Å². The summed E-state index contributed by atoms with van der Waals surface area (Å²) >= 11 is 0. The largest absolute Gasteiger partial charge is 0.480 e. The van der Waals surface area contributed by atoms with Gasteiger partial charge in [0.05, 0.1) is 6.61 Å². The lowest BCUT2D eigenvalue weighted by atomic mass is 10.3. The van der Waals surface area contributed by atoms with Crippen molar-refractivity contribution >= 4 is 24.3 Å². The predicted octanol–water partition coefficient (Wildman–Crippen LogP) is 2.08. The minimum atomic E-state index is -0.963. The number of carboxylic acid groups (broad SMARTS) is 1. The third-order valence-electron chi connectivity index (χ3n) is 2.52. The quantitative estimate of drug-likeness (QED) is 0.359. The summed E-state index contributed by atoms with van der Waals surface area (Å²) in [6.07, 6.45) is 6.50. The van der Waals surface area contributed by atoms with E-state index in [4.69, 9.17) is 26.4 Å². The SMILES string of the molecule is CCCCCO.CCCCCOC(=O)[C@H](C)N.C[C@H](N)C(=O)O.Cl. The van der Waals surface area contributed by atoms with Gasteiger partial charge in [-0.05, 0) is 26.7 Å². The number of nitrogens with two attached hydrogens (primary N) is 2. The van der Waals surface area contributed by atoms with Crippen molar-refractivity contribution in [2.45, 2.75) is 78.3 Å². The number of carboxylic acids is 1. The Labute approximate surface area is 152 Å². The normalized spacial score (nSPS) is 11.5. The number of aliphatic carboxylic acids is 1. The van der Waals surface area contributed by atoms with Crippen molar-refractivity contribution in [1.82, 2.24) is 0 Å². The molecule has 6 N–H and O–H groups in total. The van der Waals surface area contributed by atoms with Crippen LogP contribution in [0.5, 0.6) is 0 Å². The number of carbonyl (C=O) groups excluding carboxylic acids is 1. The second-order valence-electron chi connectivity index (χ2n) is 5.22. The van der Waals surface area contributed by atoms with E-state index in [-0.39, 0.29) is 18.4 Å². The van der Waals surface area contributed by atoms with E-state index in [2.05, 4.69) is 13.8 Å². The highest BCUT2D eigenvalue weighted by Gasteiger charge is 2.06. The molecule has 7 nitrogen and oxygen atoms in total. The van der Waals surface area contributed by atoms with E-state index in [0.717, 1.165) is 32.1 Å². The van der Waals surface area contributed by atoms with Crippen LogP contribution < -0.4 is 11.5 Å². The molecule has 0 heterocycles. The first-order valence-electron chi connectivity index (χ1n) is 8.25. The van der Waals surface area contributed by atoms with Crippen molar-refractivity contribution in [1.29, 1.82) is 0 Å². The van der Waals surface area contributed by atoms with E-state index < -0.39 is 18.1 Å². The molecule has 0 bridgehead atoms. The van der Waals surface area contributed by atoms with Gasteiger partial charge in [-0.15, -0.1) is 12.4 Å². The fraction of sp³-hybridized carbons (Fsp3) is 0.875. The van der Waals surface area contributed by atoms with E-state index in [0.29, 0.717) is 13.2 Å². The number of esters is 1. The Morgan fingerprint density at radius 3 is 1.62 bits per heavy atom. The van der Waals surface area contributed by atoms with Crippen molar-refractivity contribution in [3.8, 4) is 0 Å². The minimum absolute atomic E-state index is 0. The van der Waals surface area contributed by atoms with Crippen LogP contribution >= 0.6 is 12.4 Å². The maximum Gasteiger partial charge on any atom is 0.322 e. The standard InChI is InChI=1S/C8H17NO2.C5H12O.C3H7NO2.ClH/c1-3-4-5-6-11-8(10)7(2)9;1-2-3-4-5-6;1-2(4)3(5)6;/h7H,3-6,9H2,1-2H3;6H,2-5H2,1H3;2H,4H2,1H3,(H,5,6);1H/t7-;;2-;/m0.0./s1. The number of unbranched alkanes of at least 4 members (excludes halogenated alkanes) is 4. The molecule has 0 aliphatic rings. The summed E-state index contributed by atoms with van der Waals surface area (Å²) in [5.41, 5.74) is 10.1. The van der Waals surface area contributed by atoms with E-state index >= 15 is 0 Å². The van der Waals surface area contributed by atoms with E-state index in [9.17, 15) is 9.59 Å². The van der Waals surface area contributed by atoms with Crippen molar-refractivity contribution < 1.29 is 24.5 Å². The van der Waals surface area contributed by atoms with Crippen LogP contribution in [0.2, 0.25) is 0 Å². The van der Waals surface area contributed by atoms with Gasteiger partial charge in [0.25, 0.3) is 0 Å². The number of halogens is 1. The van der Waals surface area contributed by atoms with Crippen LogP contribution in [0.25, 0.3) is 0 Å². The summed E-state index contributed by atoms with van der Waals surface area (Å²) in [7, 11) is 0. The number of rotatable bonds is 9.